The van der Waals surface area contributed by atoms with Gasteiger partial charge in [-0.1, -0.05) is 52.4 Å². The smallest absolute Gasteiger partial charge is 0.0409 e. The van der Waals surface area contributed by atoms with E-state index in [2.05, 4.69) is 13.8 Å². The first kappa shape index (κ1) is 21.8. The molecule has 2 fully saturated rings. The minimum absolute atomic E-state index is 0.116. The van der Waals surface area contributed by atoms with Crippen molar-refractivity contribution in [3.05, 3.63) is 0 Å². The van der Waals surface area contributed by atoms with Crippen molar-refractivity contribution in [1.82, 2.24) is 0 Å². The van der Waals surface area contributed by atoms with Crippen molar-refractivity contribution in [3.8, 4) is 0 Å². The molecular weight excluding hydrogens is 351 g/mol. The number of nitrogens with two attached hydrogens (primary N) is 2. The molecule has 4 unspecified atom stereocenters. The van der Waals surface area contributed by atoms with Gasteiger partial charge in [0, 0.05) is 22.8 Å². The van der Waals surface area contributed by atoms with E-state index in [1.165, 1.54) is 51.4 Å². The third-order valence-electron chi connectivity index (χ3n) is 7.78. The highest BCUT2D eigenvalue weighted by Gasteiger charge is 2.57. The summed E-state index contributed by atoms with van der Waals surface area (Å²) in [6, 6.07) is 0. The van der Waals surface area contributed by atoms with Crippen LogP contribution in [0.4, 0.5) is 0 Å². The molecule has 2 nitrogen and oxygen atoms in total. The minimum Gasteiger partial charge on any atom is -0.324 e. The van der Waals surface area contributed by atoms with Gasteiger partial charge in [0.15, 0.2) is 0 Å². The van der Waals surface area contributed by atoms with Crippen LogP contribution in [0.5, 0.6) is 0 Å². The number of halogens is 2. The van der Waals surface area contributed by atoms with E-state index >= 15 is 0 Å². The van der Waals surface area contributed by atoms with Crippen LogP contribution in [0.25, 0.3) is 0 Å². The second-order valence-corrected chi connectivity index (χ2v) is 9.77. The van der Waals surface area contributed by atoms with Crippen molar-refractivity contribution in [2.75, 3.05) is 11.8 Å². The topological polar surface area (TPSA) is 52.0 Å². The van der Waals surface area contributed by atoms with Gasteiger partial charge < -0.3 is 11.5 Å². The van der Waals surface area contributed by atoms with Gasteiger partial charge in [0.05, 0.1) is 0 Å². The van der Waals surface area contributed by atoms with E-state index in [1.807, 2.05) is 0 Å². The molecule has 148 valence electrons. The molecule has 2 aliphatic rings. The van der Waals surface area contributed by atoms with E-state index in [4.69, 9.17) is 34.7 Å². The highest BCUT2D eigenvalue weighted by atomic mass is 35.5. The lowest BCUT2D eigenvalue weighted by atomic mass is 9.48. The Morgan fingerprint density at radius 1 is 0.680 bits per heavy atom. The molecule has 4 N–H and O–H groups in total. The van der Waals surface area contributed by atoms with Crippen LogP contribution in [-0.4, -0.2) is 22.8 Å². The van der Waals surface area contributed by atoms with Crippen molar-refractivity contribution in [3.63, 3.8) is 0 Å². The molecule has 2 saturated carbocycles. The van der Waals surface area contributed by atoms with E-state index in [1.54, 1.807) is 0 Å². The molecule has 2 aliphatic carbocycles. The Balaban J connectivity index is 2.46. The maximum absolute atomic E-state index is 7.02. The molecule has 0 aliphatic heterocycles. The average Bonchev–Trinajstić information content (AvgIpc) is 2.61. The average molecular weight is 391 g/mol. The fourth-order valence-corrected chi connectivity index (χ4v) is 7.15. The molecule has 0 radical (unpaired) electrons. The lowest BCUT2D eigenvalue weighted by Crippen LogP contribution is -2.65. The second kappa shape index (κ2) is 8.67. The number of hydrogen-bond acceptors (Lipinski definition) is 2. The molecule has 4 atom stereocenters. The predicted octanol–water partition coefficient (Wildman–Crippen LogP) is 5.97. The first-order chi connectivity index (χ1) is 11.9. The fraction of sp³-hybridized carbons (Fsp3) is 1.00. The van der Waals surface area contributed by atoms with E-state index in [-0.39, 0.29) is 21.9 Å². The number of alkyl halides is 2. The molecule has 0 aromatic heterocycles. The van der Waals surface area contributed by atoms with Gasteiger partial charge in [-0.25, -0.2) is 0 Å². The quantitative estimate of drug-likeness (QED) is 0.501. The van der Waals surface area contributed by atoms with Crippen LogP contribution < -0.4 is 11.5 Å². The van der Waals surface area contributed by atoms with E-state index < -0.39 is 0 Å². The van der Waals surface area contributed by atoms with Crippen LogP contribution in [0.1, 0.15) is 97.3 Å². The Hall–Kier alpha value is 0.500. The van der Waals surface area contributed by atoms with Crippen molar-refractivity contribution in [2.24, 2.45) is 22.3 Å². The van der Waals surface area contributed by atoms with Gasteiger partial charge in [0.1, 0.15) is 0 Å². The second-order valence-electron chi connectivity index (χ2n) is 9.23. The van der Waals surface area contributed by atoms with E-state index in [0.29, 0.717) is 11.8 Å². The summed E-state index contributed by atoms with van der Waals surface area (Å²) in [4.78, 5) is 0. The normalized spacial score (nSPS) is 42.5. The zero-order chi connectivity index (χ0) is 18.6. The molecule has 0 saturated heterocycles. The van der Waals surface area contributed by atoms with Crippen LogP contribution in [0.2, 0.25) is 0 Å². The van der Waals surface area contributed by atoms with Crippen molar-refractivity contribution < 1.29 is 0 Å². The summed E-state index contributed by atoms with van der Waals surface area (Å²) in [5.74, 6) is 1.13. The van der Waals surface area contributed by atoms with Crippen molar-refractivity contribution in [2.45, 2.75) is 108 Å². The van der Waals surface area contributed by atoms with Gasteiger partial charge in [-0.05, 0) is 55.8 Å². The molecule has 2 rings (SSSR count). The third kappa shape index (κ3) is 3.89. The summed E-state index contributed by atoms with van der Waals surface area (Å²) in [6.07, 6.45) is 15.3. The first-order valence-electron chi connectivity index (χ1n) is 10.6. The summed E-state index contributed by atoms with van der Waals surface area (Å²) in [6.45, 7) is 4.57. The summed E-state index contributed by atoms with van der Waals surface area (Å²) in [5.41, 5.74) is 13.8. The first-order valence-corrected chi connectivity index (χ1v) is 11.6. The molecule has 0 bridgehead atoms. The zero-order valence-electron chi connectivity index (χ0n) is 16.5. The van der Waals surface area contributed by atoms with Gasteiger partial charge in [-0.2, -0.15) is 0 Å². The van der Waals surface area contributed by atoms with Crippen LogP contribution >= 0.6 is 23.2 Å². The standard InChI is InChI=1S/C21H40Cl2N2/c1-3-9-18(11-5-7-13-20(18,24)16-22)15-19(10-4-2)12-6-8-14-21(19,25)17-23/h3-17,24-25H2,1-2H3. The summed E-state index contributed by atoms with van der Waals surface area (Å²) in [5, 5.41) is 0. The lowest BCUT2D eigenvalue weighted by Gasteiger charge is -2.60. The number of rotatable bonds is 8. The monoisotopic (exact) mass is 390 g/mol. The maximum atomic E-state index is 7.02. The Labute approximate surface area is 165 Å². The Kier molecular flexibility index (Phi) is 7.56. The molecule has 0 spiro atoms. The maximum Gasteiger partial charge on any atom is 0.0409 e. The highest BCUT2D eigenvalue weighted by molar-refractivity contribution is 6.19. The Bertz CT molecular complexity index is 386. The Morgan fingerprint density at radius 3 is 1.36 bits per heavy atom. The molecule has 4 heteroatoms. The zero-order valence-corrected chi connectivity index (χ0v) is 18.0. The van der Waals surface area contributed by atoms with Crippen molar-refractivity contribution >= 4 is 23.2 Å². The van der Waals surface area contributed by atoms with Gasteiger partial charge in [0.25, 0.3) is 0 Å². The lowest BCUT2D eigenvalue weighted by molar-refractivity contribution is -0.0452. The number of hydrogen-bond donors (Lipinski definition) is 2. The van der Waals surface area contributed by atoms with Crippen LogP contribution in [0.15, 0.2) is 0 Å². The van der Waals surface area contributed by atoms with Gasteiger partial charge in [0.2, 0.25) is 0 Å². The molecule has 0 aromatic rings. The van der Waals surface area contributed by atoms with Gasteiger partial charge in [-0.15, -0.1) is 23.2 Å². The SMILES string of the molecule is CCCC1(CC2(CCC)CCCCC2(N)CCl)CCCCC1(N)CCl. The van der Waals surface area contributed by atoms with E-state index in [9.17, 15) is 0 Å². The van der Waals surface area contributed by atoms with Gasteiger partial charge in [-0.3, -0.25) is 0 Å². The highest BCUT2D eigenvalue weighted by Crippen LogP contribution is 2.59. The molecule has 0 aromatic carbocycles. The molecule has 0 heterocycles. The van der Waals surface area contributed by atoms with E-state index in [0.717, 1.165) is 32.1 Å². The third-order valence-corrected chi connectivity index (χ3v) is 8.73. The Morgan fingerprint density at radius 2 is 1.04 bits per heavy atom. The van der Waals surface area contributed by atoms with Crippen LogP contribution in [0.3, 0.4) is 0 Å². The van der Waals surface area contributed by atoms with Crippen LogP contribution in [0, 0.1) is 10.8 Å². The molecule has 25 heavy (non-hydrogen) atoms. The largest absolute Gasteiger partial charge is 0.324 e. The van der Waals surface area contributed by atoms with Crippen LogP contribution in [-0.2, 0) is 0 Å². The van der Waals surface area contributed by atoms with Crippen molar-refractivity contribution in [1.29, 1.82) is 0 Å². The summed E-state index contributed by atoms with van der Waals surface area (Å²) >= 11 is 13.0. The van der Waals surface area contributed by atoms with Gasteiger partial charge >= 0.3 is 0 Å². The predicted molar refractivity (Wildman–Crippen MR) is 112 cm³/mol. The molecular formula is C21H40Cl2N2. The minimum atomic E-state index is -0.256. The fourth-order valence-electron chi connectivity index (χ4n) is 6.31. The molecule has 0 amide bonds. The summed E-state index contributed by atoms with van der Waals surface area (Å²) in [7, 11) is 0. The summed E-state index contributed by atoms with van der Waals surface area (Å²) < 4.78 is 0.